The summed E-state index contributed by atoms with van der Waals surface area (Å²) in [4.78, 5) is 17.7. The van der Waals surface area contributed by atoms with Gasteiger partial charge in [-0.3, -0.25) is 14.4 Å². The zero-order chi connectivity index (χ0) is 25.9. The van der Waals surface area contributed by atoms with Crippen LogP contribution in [-0.4, -0.2) is 47.5 Å². The number of rotatable bonds is 9. The Labute approximate surface area is 224 Å². The molecule has 3 N–H and O–H groups in total. The van der Waals surface area contributed by atoms with Gasteiger partial charge in [-0.15, -0.1) is 11.3 Å². The molecule has 4 heterocycles. The van der Waals surface area contributed by atoms with Gasteiger partial charge in [0.1, 0.15) is 22.7 Å². The van der Waals surface area contributed by atoms with Gasteiger partial charge in [0.15, 0.2) is 5.82 Å². The van der Waals surface area contributed by atoms with Gasteiger partial charge in [-0.05, 0) is 24.1 Å². The van der Waals surface area contributed by atoms with Crippen LogP contribution in [0.1, 0.15) is 16.8 Å². The monoisotopic (exact) mass is 520 g/mol. The lowest BCUT2D eigenvalue weighted by Gasteiger charge is -2.22. The highest BCUT2D eigenvalue weighted by atomic mass is 32.1. The molecular weight excluding hydrogens is 492 g/mol. The van der Waals surface area contributed by atoms with Gasteiger partial charge in [-0.1, -0.05) is 66.7 Å². The minimum atomic E-state index is 0.607. The van der Waals surface area contributed by atoms with E-state index in [2.05, 4.69) is 79.2 Å². The van der Waals surface area contributed by atoms with Crippen LogP contribution in [0.4, 0.5) is 0 Å². The second kappa shape index (κ2) is 10.7. The Bertz CT molecular complexity index is 1640. The number of nitrogens with one attached hydrogen (secondary N) is 1. The summed E-state index contributed by atoms with van der Waals surface area (Å²) in [6.45, 7) is 5.09. The summed E-state index contributed by atoms with van der Waals surface area (Å²) in [6.07, 6.45) is 3.70. The van der Waals surface area contributed by atoms with Crippen molar-refractivity contribution in [3.05, 3.63) is 102 Å². The lowest BCUT2D eigenvalue weighted by Crippen LogP contribution is -2.28. The molecule has 0 aliphatic rings. The number of aromatic nitrogens is 6. The van der Waals surface area contributed by atoms with Crippen molar-refractivity contribution in [2.75, 3.05) is 13.1 Å². The molecular formula is C29H28N8S. The van der Waals surface area contributed by atoms with Crippen molar-refractivity contribution in [3.8, 4) is 32.7 Å². The number of aryl methyl sites for hydroxylation is 1. The fraction of sp³-hybridized carbons (Fsp3) is 0.172. The molecule has 0 fully saturated rings. The first-order valence-electron chi connectivity index (χ1n) is 12.6. The first-order chi connectivity index (χ1) is 18.7. The van der Waals surface area contributed by atoms with Gasteiger partial charge < -0.3 is 5.73 Å². The summed E-state index contributed by atoms with van der Waals surface area (Å²) in [5, 5.41) is 7.97. The highest BCUT2D eigenvalue weighted by molar-refractivity contribution is 7.18. The van der Waals surface area contributed by atoms with E-state index in [4.69, 9.17) is 15.7 Å². The molecule has 0 aliphatic carbocycles. The quantitative estimate of drug-likeness (QED) is 0.272. The smallest absolute Gasteiger partial charge is 0.167 e. The summed E-state index contributed by atoms with van der Waals surface area (Å²) in [5.74, 6) is 0.707. The number of hydrogen-bond donors (Lipinski definition) is 2. The van der Waals surface area contributed by atoms with E-state index in [-0.39, 0.29) is 0 Å². The Hall–Kier alpha value is -4.18. The van der Waals surface area contributed by atoms with E-state index in [9.17, 15) is 0 Å². The van der Waals surface area contributed by atoms with Crippen LogP contribution in [0.3, 0.4) is 0 Å². The number of pyridine rings is 1. The van der Waals surface area contributed by atoms with Crippen molar-refractivity contribution in [2.24, 2.45) is 5.73 Å². The minimum Gasteiger partial charge on any atom is -0.329 e. The average molecular weight is 521 g/mol. The molecule has 4 aromatic heterocycles. The summed E-state index contributed by atoms with van der Waals surface area (Å²) < 4.78 is 2.16. The standard InChI is InChI=1S/C29H28N8S/c1-20-26(29-34-25(23-10-6-3-7-11-23)27(38-29)28-31-19-32-35-28)37-18-22(12-13-24(37)33-20)17-36(15-14-30)16-21-8-4-2-5-9-21/h2-13,18-19H,14-17,30H2,1H3,(H,31,32,35). The molecule has 0 aliphatic heterocycles. The number of nitrogens with zero attached hydrogens (tertiary/aromatic N) is 6. The first kappa shape index (κ1) is 24.2. The summed E-state index contributed by atoms with van der Waals surface area (Å²) in [6, 6.07) is 24.9. The van der Waals surface area contributed by atoms with Gasteiger partial charge in [-0.25, -0.2) is 15.0 Å². The van der Waals surface area contributed by atoms with E-state index in [1.54, 1.807) is 11.3 Å². The molecule has 0 bridgehead atoms. The second-order valence-corrected chi connectivity index (χ2v) is 10.2. The average Bonchev–Trinajstić information content (AvgIpc) is 3.68. The lowest BCUT2D eigenvalue weighted by atomic mass is 10.1. The van der Waals surface area contributed by atoms with E-state index in [0.717, 1.165) is 57.8 Å². The van der Waals surface area contributed by atoms with E-state index in [0.29, 0.717) is 12.4 Å². The summed E-state index contributed by atoms with van der Waals surface area (Å²) in [5.41, 5.74) is 13.2. The van der Waals surface area contributed by atoms with Crippen molar-refractivity contribution in [1.29, 1.82) is 0 Å². The summed E-state index contributed by atoms with van der Waals surface area (Å²) in [7, 11) is 0. The SMILES string of the molecule is Cc1nc2ccc(CN(CCN)Cc3ccccc3)cn2c1-c1nc(-c2ccccc2)c(-c2ncn[nH]2)s1. The van der Waals surface area contributed by atoms with Crippen LogP contribution in [0, 0.1) is 6.92 Å². The van der Waals surface area contributed by atoms with Gasteiger partial charge in [0, 0.05) is 37.9 Å². The van der Waals surface area contributed by atoms with Gasteiger partial charge in [0.05, 0.1) is 16.3 Å². The third-order valence-corrected chi connectivity index (χ3v) is 7.53. The number of aromatic amines is 1. The van der Waals surface area contributed by atoms with Gasteiger partial charge in [-0.2, -0.15) is 5.10 Å². The van der Waals surface area contributed by atoms with Crippen LogP contribution in [0.5, 0.6) is 0 Å². The molecule has 6 aromatic rings. The van der Waals surface area contributed by atoms with E-state index in [1.807, 2.05) is 31.2 Å². The predicted molar refractivity (Wildman–Crippen MR) is 151 cm³/mol. The number of H-pyrrole nitrogens is 1. The van der Waals surface area contributed by atoms with Gasteiger partial charge in [0.2, 0.25) is 0 Å². The molecule has 0 unspecified atom stereocenters. The minimum absolute atomic E-state index is 0.607. The number of nitrogens with two attached hydrogens (primary N) is 1. The van der Waals surface area contributed by atoms with Gasteiger partial charge >= 0.3 is 0 Å². The zero-order valence-electron chi connectivity index (χ0n) is 21.1. The first-order valence-corrected chi connectivity index (χ1v) is 13.4. The van der Waals surface area contributed by atoms with Crippen molar-refractivity contribution in [1.82, 2.24) is 34.4 Å². The molecule has 0 atom stereocenters. The van der Waals surface area contributed by atoms with Crippen LogP contribution in [0.2, 0.25) is 0 Å². The molecule has 0 saturated carbocycles. The molecule has 6 rings (SSSR count). The number of fused-ring (bicyclic) bond motifs is 1. The molecule has 0 spiro atoms. The van der Waals surface area contributed by atoms with Crippen molar-refractivity contribution >= 4 is 17.0 Å². The number of imidazole rings is 1. The molecule has 190 valence electrons. The summed E-state index contributed by atoms with van der Waals surface area (Å²) >= 11 is 1.60. The fourth-order valence-corrected chi connectivity index (χ4v) is 5.87. The highest BCUT2D eigenvalue weighted by Crippen LogP contribution is 2.40. The molecule has 8 nitrogen and oxygen atoms in total. The Balaban J connectivity index is 1.39. The Morgan fingerprint density at radius 1 is 0.921 bits per heavy atom. The number of thiazole rings is 1. The number of hydrogen-bond acceptors (Lipinski definition) is 7. The van der Waals surface area contributed by atoms with Crippen LogP contribution in [-0.2, 0) is 13.1 Å². The topological polar surface area (TPSA) is 101 Å². The third-order valence-electron chi connectivity index (χ3n) is 6.46. The van der Waals surface area contributed by atoms with Crippen LogP contribution >= 0.6 is 11.3 Å². The Morgan fingerprint density at radius 3 is 2.42 bits per heavy atom. The predicted octanol–water partition coefficient (Wildman–Crippen LogP) is 5.18. The molecule has 38 heavy (non-hydrogen) atoms. The molecule has 0 radical (unpaired) electrons. The second-order valence-electron chi connectivity index (χ2n) is 9.19. The van der Waals surface area contributed by atoms with Crippen LogP contribution in [0.25, 0.3) is 38.3 Å². The van der Waals surface area contributed by atoms with Crippen molar-refractivity contribution in [2.45, 2.75) is 20.0 Å². The Kier molecular flexibility index (Phi) is 6.78. The molecule has 0 amide bonds. The largest absolute Gasteiger partial charge is 0.329 e. The molecule has 9 heteroatoms. The maximum Gasteiger partial charge on any atom is 0.167 e. The molecule has 0 saturated heterocycles. The van der Waals surface area contributed by atoms with Crippen LogP contribution in [0.15, 0.2) is 85.3 Å². The maximum absolute atomic E-state index is 5.96. The van der Waals surface area contributed by atoms with Crippen LogP contribution < -0.4 is 5.73 Å². The van der Waals surface area contributed by atoms with Crippen molar-refractivity contribution in [3.63, 3.8) is 0 Å². The van der Waals surface area contributed by atoms with Crippen molar-refractivity contribution < 1.29 is 0 Å². The fourth-order valence-electron chi connectivity index (χ4n) is 4.74. The lowest BCUT2D eigenvalue weighted by molar-refractivity contribution is 0.264. The molecule has 2 aromatic carbocycles. The van der Waals surface area contributed by atoms with E-state index >= 15 is 0 Å². The van der Waals surface area contributed by atoms with Gasteiger partial charge in [0.25, 0.3) is 0 Å². The van der Waals surface area contributed by atoms with E-state index in [1.165, 1.54) is 17.5 Å². The Morgan fingerprint density at radius 2 is 1.68 bits per heavy atom. The zero-order valence-corrected chi connectivity index (χ0v) is 21.9. The highest BCUT2D eigenvalue weighted by Gasteiger charge is 2.22. The third kappa shape index (κ3) is 4.87. The normalized spacial score (nSPS) is 11.6. The maximum atomic E-state index is 5.96. The number of benzene rings is 2. The van der Waals surface area contributed by atoms with E-state index < -0.39 is 0 Å².